The van der Waals surface area contributed by atoms with Crippen LogP contribution in [0, 0.1) is 6.92 Å². The number of halogens is 1. The van der Waals surface area contributed by atoms with Gasteiger partial charge in [-0.05, 0) is 36.8 Å². The Balaban J connectivity index is 1.75. The standard InChI is InChI=1S/C16H16ClNO2/c1-12-2-4-13(5-3-12)10-18-16(19)11-20-15-8-6-14(17)7-9-15/h2-9H,10-11H2,1H3,(H,18,19). The Morgan fingerprint density at radius 3 is 2.40 bits per heavy atom. The second kappa shape index (κ2) is 6.96. The van der Waals surface area contributed by atoms with E-state index in [1.54, 1.807) is 24.3 Å². The van der Waals surface area contributed by atoms with Crippen LogP contribution >= 0.6 is 11.6 Å². The van der Waals surface area contributed by atoms with Crippen LogP contribution in [0.4, 0.5) is 0 Å². The largest absolute Gasteiger partial charge is 0.484 e. The molecule has 0 aromatic heterocycles. The maximum absolute atomic E-state index is 11.7. The molecule has 1 N–H and O–H groups in total. The van der Waals surface area contributed by atoms with Crippen LogP contribution in [0.5, 0.6) is 5.75 Å². The second-order valence-electron chi connectivity index (χ2n) is 4.50. The third kappa shape index (κ3) is 4.59. The molecule has 20 heavy (non-hydrogen) atoms. The van der Waals surface area contributed by atoms with Gasteiger partial charge in [0.1, 0.15) is 5.75 Å². The zero-order valence-corrected chi connectivity index (χ0v) is 12.0. The molecule has 0 saturated heterocycles. The Hall–Kier alpha value is -2.00. The maximum atomic E-state index is 11.7. The van der Waals surface area contributed by atoms with Gasteiger partial charge in [0, 0.05) is 11.6 Å². The summed E-state index contributed by atoms with van der Waals surface area (Å²) in [5.41, 5.74) is 2.27. The van der Waals surface area contributed by atoms with E-state index in [0.29, 0.717) is 17.3 Å². The number of hydrogen-bond acceptors (Lipinski definition) is 2. The van der Waals surface area contributed by atoms with Gasteiger partial charge in [-0.15, -0.1) is 0 Å². The average molecular weight is 290 g/mol. The molecule has 0 aliphatic carbocycles. The first-order valence-corrected chi connectivity index (χ1v) is 6.72. The minimum Gasteiger partial charge on any atom is -0.484 e. The second-order valence-corrected chi connectivity index (χ2v) is 4.94. The van der Waals surface area contributed by atoms with Crippen molar-refractivity contribution in [2.75, 3.05) is 6.61 Å². The molecule has 0 fully saturated rings. The number of carbonyl (C=O) groups excluding carboxylic acids is 1. The number of nitrogens with one attached hydrogen (secondary N) is 1. The molecule has 0 aliphatic heterocycles. The minimum atomic E-state index is -0.152. The summed E-state index contributed by atoms with van der Waals surface area (Å²) in [6.45, 7) is 2.53. The highest BCUT2D eigenvalue weighted by atomic mass is 35.5. The van der Waals surface area contributed by atoms with Crippen molar-refractivity contribution in [3.05, 3.63) is 64.7 Å². The Morgan fingerprint density at radius 1 is 1.10 bits per heavy atom. The highest BCUT2D eigenvalue weighted by molar-refractivity contribution is 6.30. The Bertz CT molecular complexity index is 513. The monoisotopic (exact) mass is 289 g/mol. The lowest BCUT2D eigenvalue weighted by Crippen LogP contribution is -2.28. The van der Waals surface area contributed by atoms with Crippen molar-refractivity contribution in [2.24, 2.45) is 0 Å². The van der Waals surface area contributed by atoms with Crippen LogP contribution in [0.1, 0.15) is 11.1 Å². The van der Waals surface area contributed by atoms with Crippen LogP contribution in [0.3, 0.4) is 0 Å². The summed E-state index contributed by atoms with van der Waals surface area (Å²) in [6, 6.07) is 14.9. The van der Waals surface area contributed by atoms with Gasteiger partial charge in [-0.3, -0.25) is 4.79 Å². The molecule has 0 spiro atoms. The lowest BCUT2D eigenvalue weighted by atomic mass is 10.1. The first kappa shape index (κ1) is 14.4. The van der Waals surface area contributed by atoms with E-state index in [1.165, 1.54) is 5.56 Å². The van der Waals surface area contributed by atoms with E-state index in [1.807, 2.05) is 31.2 Å². The van der Waals surface area contributed by atoms with Gasteiger partial charge in [0.2, 0.25) is 0 Å². The summed E-state index contributed by atoms with van der Waals surface area (Å²) >= 11 is 5.77. The summed E-state index contributed by atoms with van der Waals surface area (Å²) in [5.74, 6) is 0.473. The Labute approximate surface area is 123 Å². The fourth-order valence-corrected chi connectivity index (χ4v) is 1.76. The van der Waals surface area contributed by atoms with Gasteiger partial charge in [-0.2, -0.15) is 0 Å². The van der Waals surface area contributed by atoms with Crippen molar-refractivity contribution in [1.29, 1.82) is 0 Å². The van der Waals surface area contributed by atoms with E-state index in [2.05, 4.69) is 5.32 Å². The van der Waals surface area contributed by atoms with E-state index in [-0.39, 0.29) is 12.5 Å². The normalized spacial score (nSPS) is 10.1. The number of amides is 1. The van der Waals surface area contributed by atoms with Gasteiger partial charge in [0.15, 0.2) is 6.61 Å². The van der Waals surface area contributed by atoms with Crippen LogP contribution in [-0.4, -0.2) is 12.5 Å². The van der Waals surface area contributed by atoms with Crippen LogP contribution in [0.15, 0.2) is 48.5 Å². The SMILES string of the molecule is Cc1ccc(CNC(=O)COc2ccc(Cl)cc2)cc1. The molecule has 104 valence electrons. The lowest BCUT2D eigenvalue weighted by molar-refractivity contribution is -0.123. The van der Waals surface area contributed by atoms with Crippen LogP contribution < -0.4 is 10.1 Å². The molecule has 0 saturated carbocycles. The summed E-state index contributed by atoms with van der Waals surface area (Å²) < 4.78 is 5.36. The van der Waals surface area contributed by atoms with Gasteiger partial charge < -0.3 is 10.1 Å². The van der Waals surface area contributed by atoms with E-state index in [9.17, 15) is 4.79 Å². The lowest BCUT2D eigenvalue weighted by Gasteiger charge is -2.08. The molecule has 1 amide bonds. The maximum Gasteiger partial charge on any atom is 0.258 e. The number of carbonyl (C=O) groups is 1. The minimum absolute atomic E-state index is 0.00645. The van der Waals surface area contributed by atoms with Crippen LogP contribution in [0.25, 0.3) is 0 Å². The molecule has 0 bridgehead atoms. The van der Waals surface area contributed by atoms with E-state index in [4.69, 9.17) is 16.3 Å². The van der Waals surface area contributed by atoms with Gasteiger partial charge >= 0.3 is 0 Å². The van der Waals surface area contributed by atoms with Crippen molar-refractivity contribution < 1.29 is 9.53 Å². The number of aryl methyl sites for hydroxylation is 1. The predicted molar refractivity (Wildman–Crippen MR) is 80.0 cm³/mol. The van der Waals surface area contributed by atoms with E-state index in [0.717, 1.165) is 5.56 Å². The highest BCUT2D eigenvalue weighted by Crippen LogP contribution is 2.15. The zero-order valence-electron chi connectivity index (χ0n) is 11.2. The third-order valence-corrected chi connectivity index (χ3v) is 3.05. The molecule has 4 heteroatoms. The first-order chi connectivity index (χ1) is 9.63. The Morgan fingerprint density at radius 2 is 1.75 bits per heavy atom. The van der Waals surface area contributed by atoms with Crippen molar-refractivity contribution in [3.8, 4) is 5.75 Å². The van der Waals surface area contributed by atoms with E-state index < -0.39 is 0 Å². The summed E-state index contributed by atoms with van der Waals surface area (Å²) in [5, 5.41) is 3.45. The van der Waals surface area contributed by atoms with Crippen molar-refractivity contribution >= 4 is 17.5 Å². The molecular formula is C16H16ClNO2. The van der Waals surface area contributed by atoms with Crippen molar-refractivity contribution in [1.82, 2.24) is 5.32 Å². The molecule has 3 nitrogen and oxygen atoms in total. The van der Waals surface area contributed by atoms with E-state index >= 15 is 0 Å². The predicted octanol–water partition coefficient (Wildman–Crippen LogP) is 3.34. The number of benzene rings is 2. The smallest absolute Gasteiger partial charge is 0.258 e. The van der Waals surface area contributed by atoms with Gasteiger partial charge in [-0.1, -0.05) is 41.4 Å². The molecule has 0 aliphatic rings. The summed E-state index contributed by atoms with van der Waals surface area (Å²) in [7, 11) is 0. The summed E-state index contributed by atoms with van der Waals surface area (Å²) in [6.07, 6.45) is 0. The molecule has 0 atom stereocenters. The number of hydrogen-bond donors (Lipinski definition) is 1. The quantitative estimate of drug-likeness (QED) is 0.917. The van der Waals surface area contributed by atoms with Gasteiger partial charge in [-0.25, -0.2) is 0 Å². The van der Waals surface area contributed by atoms with Crippen LogP contribution in [0.2, 0.25) is 5.02 Å². The average Bonchev–Trinajstić information content (AvgIpc) is 2.46. The molecule has 0 radical (unpaired) electrons. The number of rotatable bonds is 5. The van der Waals surface area contributed by atoms with Crippen molar-refractivity contribution in [3.63, 3.8) is 0 Å². The molecule has 0 heterocycles. The van der Waals surface area contributed by atoms with Gasteiger partial charge in [0.25, 0.3) is 5.91 Å². The molecule has 2 aromatic rings. The third-order valence-electron chi connectivity index (χ3n) is 2.79. The molecule has 0 unspecified atom stereocenters. The Kier molecular flexibility index (Phi) is 5.02. The first-order valence-electron chi connectivity index (χ1n) is 6.34. The van der Waals surface area contributed by atoms with Gasteiger partial charge in [0.05, 0.1) is 0 Å². The highest BCUT2D eigenvalue weighted by Gasteiger charge is 2.03. The number of ether oxygens (including phenoxy) is 1. The fourth-order valence-electron chi connectivity index (χ4n) is 1.64. The summed E-state index contributed by atoms with van der Waals surface area (Å²) in [4.78, 5) is 11.7. The molecule has 2 rings (SSSR count). The zero-order chi connectivity index (χ0) is 14.4. The van der Waals surface area contributed by atoms with Crippen molar-refractivity contribution in [2.45, 2.75) is 13.5 Å². The van der Waals surface area contributed by atoms with Crippen LogP contribution in [-0.2, 0) is 11.3 Å². The topological polar surface area (TPSA) is 38.3 Å². The molecule has 2 aromatic carbocycles. The molecular weight excluding hydrogens is 274 g/mol. The fraction of sp³-hybridized carbons (Fsp3) is 0.188.